The lowest BCUT2D eigenvalue weighted by molar-refractivity contribution is 0.167. The number of aromatic nitrogens is 2. The minimum Gasteiger partial charge on any atom is -0.297 e. The molecule has 1 aliphatic heterocycles. The monoisotopic (exact) mass is 440 g/mol. The number of rotatable bonds is 6. The molecule has 4 rings (SSSR count). The first kappa shape index (κ1) is 21.7. The van der Waals surface area contributed by atoms with Crippen LogP contribution in [0.5, 0.6) is 0 Å². The molecule has 3 heterocycles. The van der Waals surface area contributed by atoms with Gasteiger partial charge in [0.1, 0.15) is 5.65 Å². The van der Waals surface area contributed by atoms with Gasteiger partial charge in [0.2, 0.25) is 10.0 Å². The van der Waals surface area contributed by atoms with Crippen LogP contribution in [0, 0.1) is 19.8 Å². The van der Waals surface area contributed by atoms with Crippen molar-refractivity contribution in [1.29, 1.82) is 0 Å². The quantitative estimate of drug-likeness (QED) is 0.637. The second-order valence-electron chi connectivity index (χ2n) is 8.43. The molecule has 0 bridgehead atoms. The van der Waals surface area contributed by atoms with Gasteiger partial charge in [0.25, 0.3) is 5.56 Å². The molecule has 2 aromatic heterocycles. The first-order chi connectivity index (χ1) is 14.8. The van der Waals surface area contributed by atoms with Gasteiger partial charge in [0.15, 0.2) is 0 Å². The third-order valence-electron chi connectivity index (χ3n) is 5.74. The number of piperidine rings is 1. The van der Waals surface area contributed by atoms with Gasteiger partial charge in [-0.3, -0.25) is 14.1 Å². The maximum atomic E-state index is 12.6. The van der Waals surface area contributed by atoms with Gasteiger partial charge in [0.05, 0.1) is 10.6 Å². The summed E-state index contributed by atoms with van der Waals surface area (Å²) in [6, 6.07) is 12.3. The van der Waals surface area contributed by atoms with E-state index in [1.165, 1.54) is 0 Å². The predicted octanol–water partition coefficient (Wildman–Crippen LogP) is 2.50. The number of likely N-dealkylation sites (tertiary alicyclic amines) is 1. The van der Waals surface area contributed by atoms with Crippen LogP contribution in [0.1, 0.15) is 29.7 Å². The highest BCUT2D eigenvalue weighted by molar-refractivity contribution is 7.89. The van der Waals surface area contributed by atoms with Crippen LogP contribution in [-0.4, -0.2) is 42.3 Å². The largest absolute Gasteiger partial charge is 0.297 e. The third kappa shape index (κ3) is 5.20. The van der Waals surface area contributed by atoms with Crippen molar-refractivity contribution in [2.75, 3.05) is 19.6 Å². The summed E-state index contributed by atoms with van der Waals surface area (Å²) in [4.78, 5) is 19.6. The molecule has 0 saturated carbocycles. The molecule has 1 N–H and O–H groups in total. The highest BCUT2D eigenvalue weighted by atomic mass is 32.2. The Hall–Kier alpha value is -2.55. The zero-order valence-corrected chi connectivity index (χ0v) is 18.7. The second kappa shape index (κ2) is 8.90. The summed E-state index contributed by atoms with van der Waals surface area (Å²) in [6.07, 6.45) is 3.76. The van der Waals surface area contributed by atoms with E-state index in [1.54, 1.807) is 40.9 Å². The Morgan fingerprint density at radius 3 is 2.61 bits per heavy atom. The van der Waals surface area contributed by atoms with Gasteiger partial charge in [-0.25, -0.2) is 18.1 Å². The van der Waals surface area contributed by atoms with Crippen molar-refractivity contribution in [2.24, 2.45) is 5.92 Å². The summed E-state index contributed by atoms with van der Waals surface area (Å²) in [5.41, 5.74) is 3.35. The molecule has 0 radical (unpaired) electrons. The summed E-state index contributed by atoms with van der Waals surface area (Å²) >= 11 is 0. The third-order valence-corrected chi connectivity index (χ3v) is 7.18. The lowest BCUT2D eigenvalue weighted by Crippen LogP contribution is -2.40. The van der Waals surface area contributed by atoms with Gasteiger partial charge < -0.3 is 0 Å². The molecule has 7 nitrogen and oxygen atoms in total. The van der Waals surface area contributed by atoms with Crippen LogP contribution in [0.4, 0.5) is 0 Å². The molecule has 0 amide bonds. The Balaban J connectivity index is 1.40. The van der Waals surface area contributed by atoms with Crippen molar-refractivity contribution in [2.45, 2.75) is 38.1 Å². The van der Waals surface area contributed by atoms with Gasteiger partial charge >= 0.3 is 0 Å². The van der Waals surface area contributed by atoms with Gasteiger partial charge in [0, 0.05) is 31.9 Å². The number of nitrogens with zero attached hydrogens (tertiary/aromatic N) is 3. The van der Waals surface area contributed by atoms with E-state index in [9.17, 15) is 13.2 Å². The van der Waals surface area contributed by atoms with Gasteiger partial charge in [-0.15, -0.1) is 0 Å². The van der Waals surface area contributed by atoms with Crippen LogP contribution in [0.15, 0.2) is 58.4 Å². The minimum absolute atomic E-state index is 0.0804. The number of hydrogen-bond acceptors (Lipinski definition) is 5. The fourth-order valence-electron chi connectivity index (χ4n) is 4.06. The number of hydrogen-bond donors (Lipinski definition) is 1. The summed E-state index contributed by atoms with van der Waals surface area (Å²) in [5, 5.41) is 0. The minimum atomic E-state index is -3.51. The fraction of sp³-hybridized carbons (Fsp3) is 0.391. The van der Waals surface area contributed by atoms with Crippen molar-refractivity contribution in [3.05, 3.63) is 75.8 Å². The SMILES string of the molecule is Cc1ccc(S(=O)(=O)NCC2CCCN(Cc3cc(=O)n4cc(C)ccc4n3)C2)cc1. The number of fused-ring (bicyclic) bond motifs is 1. The van der Waals surface area contributed by atoms with Crippen LogP contribution in [0.2, 0.25) is 0 Å². The lowest BCUT2D eigenvalue weighted by Gasteiger charge is -2.32. The van der Waals surface area contributed by atoms with Crippen molar-refractivity contribution >= 4 is 15.7 Å². The fourth-order valence-corrected chi connectivity index (χ4v) is 5.17. The van der Waals surface area contributed by atoms with Gasteiger partial charge in [-0.1, -0.05) is 23.8 Å². The summed E-state index contributed by atoms with van der Waals surface area (Å²) < 4.78 is 29.5. The van der Waals surface area contributed by atoms with Crippen LogP contribution < -0.4 is 10.3 Å². The highest BCUT2D eigenvalue weighted by Crippen LogP contribution is 2.19. The molecule has 1 unspecified atom stereocenters. The van der Waals surface area contributed by atoms with Crippen molar-refractivity contribution in [1.82, 2.24) is 19.0 Å². The van der Waals surface area contributed by atoms with Gasteiger partial charge in [-0.05, 0) is 62.9 Å². The highest BCUT2D eigenvalue weighted by Gasteiger charge is 2.23. The Labute approximate surface area is 182 Å². The van der Waals surface area contributed by atoms with E-state index in [4.69, 9.17) is 0 Å². The van der Waals surface area contributed by atoms with E-state index in [2.05, 4.69) is 14.6 Å². The molecule has 1 aromatic carbocycles. The Morgan fingerprint density at radius 2 is 1.84 bits per heavy atom. The Morgan fingerprint density at radius 1 is 1.10 bits per heavy atom. The summed E-state index contributed by atoms with van der Waals surface area (Å²) in [7, 11) is -3.51. The molecule has 164 valence electrons. The molecule has 1 atom stereocenters. The number of benzene rings is 1. The number of aryl methyl sites for hydroxylation is 2. The zero-order valence-electron chi connectivity index (χ0n) is 17.9. The topological polar surface area (TPSA) is 83.8 Å². The predicted molar refractivity (Wildman–Crippen MR) is 121 cm³/mol. The average Bonchev–Trinajstić information content (AvgIpc) is 2.74. The number of nitrogens with one attached hydrogen (secondary N) is 1. The first-order valence-corrected chi connectivity index (χ1v) is 12.1. The van der Waals surface area contributed by atoms with E-state index in [0.29, 0.717) is 23.6 Å². The first-order valence-electron chi connectivity index (χ1n) is 10.6. The van der Waals surface area contributed by atoms with Gasteiger partial charge in [-0.2, -0.15) is 0 Å². The van der Waals surface area contributed by atoms with Crippen LogP contribution in [-0.2, 0) is 16.6 Å². The molecule has 1 fully saturated rings. The molecule has 3 aromatic rings. The molecular formula is C23H28N4O3S. The lowest BCUT2D eigenvalue weighted by atomic mass is 9.98. The van der Waals surface area contributed by atoms with Crippen LogP contribution >= 0.6 is 0 Å². The van der Waals surface area contributed by atoms with E-state index >= 15 is 0 Å². The zero-order chi connectivity index (χ0) is 22.0. The number of sulfonamides is 1. The maximum Gasteiger partial charge on any atom is 0.258 e. The molecule has 0 spiro atoms. The van der Waals surface area contributed by atoms with E-state index < -0.39 is 10.0 Å². The Kier molecular flexibility index (Phi) is 6.22. The van der Waals surface area contributed by atoms with Crippen molar-refractivity contribution in [3.8, 4) is 0 Å². The molecule has 31 heavy (non-hydrogen) atoms. The van der Waals surface area contributed by atoms with Crippen molar-refractivity contribution in [3.63, 3.8) is 0 Å². The molecule has 8 heteroatoms. The molecule has 1 saturated heterocycles. The van der Waals surface area contributed by atoms with E-state index in [-0.39, 0.29) is 11.5 Å². The molecule has 1 aliphatic rings. The average molecular weight is 441 g/mol. The Bertz CT molecular complexity index is 1240. The number of pyridine rings is 1. The van der Waals surface area contributed by atoms with Crippen LogP contribution in [0.3, 0.4) is 0 Å². The maximum absolute atomic E-state index is 12.6. The van der Waals surface area contributed by atoms with E-state index in [1.807, 2.05) is 26.0 Å². The summed E-state index contributed by atoms with van der Waals surface area (Å²) in [5.74, 6) is 0.221. The summed E-state index contributed by atoms with van der Waals surface area (Å²) in [6.45, 7) is 6.54. The van der Waals surface area contributed by atoms with E-state index in [0.717, 1.165) is 42.8 Å². The van der Waals surface area contributed by atoms with Crippen LogP contribution in [0.25, 0.3) is 5.65 Å². The second-order valence-corrected chi connectivity index (χ2v) is 10.2. The normalized spacial score (nSPS) is 17.8. The molecule has 0 aliphatic carbocycles. The van der Waals surface area contributed by atoms with Crippen molar-refractivity contribution < 1.29 is 8.42 Å². The standard InChI is InChI=1S/C23H28N4O3S/c1-17-5-8-21(9-6-17)31(29,30)24-13-19-4-3-11-26(15-19)16-20-12-23(28)27-14-18(2)7-10-22(27)25-20/h5-10,12,14,19,24H,3-4,11,13,15-16H2,1-2H3. The molecular weight excluding hydrogens is 412 g/mol. The smallest absolute Gasteiger partial charge is 0.258 e.